The molecule has 0 bridgehead atoms. The Labute approximate surface area is 109 Å². The number of hydrogen-bond donors (Lipinski definition) is 1. The Morgan fingerprint density at radius 2 is 2.18 bits per heavy atom. The topological polar surface area (TPSA) is 24.9 Å². The van der Waals surface area contributed by atoms with Crippen molar-refractivity contribution in [3.8, 4) is 0 Å². The van der Waals surface area contributed by atoms with E-state index in [9.17, 15) is 0 Å². The summed E-state index contributed by atoms with van der Waals surface area (Å²) in [7, 11) is 0. The molecule has 1 aliphatic carbocycles. The smallest absolute Gasteiger partial charge is 0.0981 e. The highest BCUT2D eigenvalue weighted by atomic mass is 32.1. The summed E-state index contributed by atoms with van der Waals surface area (Å²) < 4.78 is 0. The fourth-order valence-corrected chi connectivity index (χ4v) is 2.87. The fraction of sp³-hybridized carbons (Fsp3) is 0.786. The molecule has 1 aromatic heterocycles. The lowest BCUT2D eigenvalue weighted by Crippen LogP contribution is -2.25. The molecule has 17 heavy (non-hydrogen) atoms. The van der Waals surface area contributed by atoms with Crippen LogP contribution < -0.4 is 5.32 Å². The number of nitrogens with zero attached hydrogens (tertiary/aromatic N) is 1. The van der Waals surface area contributed by atoms with Crippen LogP contribution in [-0.2, 0) is 12.0 Å². The van der Waals surface area contributed by atoms with Gasteiger partial charge in [-0.3, -0.25) is 0 Å². The van der Waals surface area contributed by atoms with Gasteiger partial charge in [0.1, 0.15) is 0 Å². The molecule has 1 unspecified atom stereocenters. The van der Waals surface area contributed by atoms with E-state index >= 15 is 0 Å². The van der Waals surface area contributed by atoms with Crippen LogP contribution in [0.15, 0.2) is 6.20 Å². The Kier molecular flexibility index (Phi) is 3.88. The van der Waals surface area contributed by atoms with Crippen molar-refractivity contribution in [1.82, 2.24) is 10.3 Å². The second kappa shape index (κ2) is 5.07. The first-order valence-electron chi connectivity index (χ1n) is 6.63. The van der Waals surface area contributed by atoms with Crippen LogP contribution in [0.1, 0.15) is 56.8 Å². The summed E-state index contributed by atoms with van der Waals surface area (Å²) in [5.74, 6) is 1.00. The van der Waals surface area contributed by atoms with Crippen LogP contribution in [0.3, 0.4) is 0 Å². The molecule has 0 radical (unpaired) electrons. The van der Waals surface area contributed by atoms with Gasteiger partial charge in [-0.2, -0.15) is 0 Å². The molecule has 0 spiro atoms. The monoisotopic (exact) mass is 252 g/mol. The van der Waals surface area contributed by atoms with E-state index in [0.717, 1.165) is 12.5 Å². The lowest BCUT2D eigenvalue weighted by atomic mass is 9.98. The molecule has 2 rings (SSSR count). The fourth-order valence-electron chi connectivity index (χ4n) is 1.95. The summed E-state index contributed by atoms with van der Waals surface area (Å²) in [5.41, 5.74) is 0.183. The molecule has 0 amide bonds. The second-order valence-corrected chi connectivity index (χ2v) is 7.46. The first kappa shape index (κ1) is 13.0. The molecule has 96 valence electrons. The molecular weight excluding hydrogens is 228 g/mol. The van der Waals surface area contributed by atoms with Crippen LogP contribution in [-0.4, -0.2) is 11.0 Å². The molecule has 1 fully saturated rings. The van der Waals surface area contributed by atoms with E-state index in [1.807, 2.05) is 17.5 Å². The molecule has 0 aromatic carbocycles. The third-order valence-corrected chi connectivity index (χ3v) is 4.63. The van der Waals surface area contributed by atoms with Crippen molar-refractivity contribution in [3.05, 3.63) is 16.1 Å². The van der Waals surface area contributed by atoms with E-state index in [0.29, 0.717) is 6.04 Å². The summed E-state index contributed by atoms with van der Waals surface area (Å²) in [5, 5.41) is 4.85. The zero-order chi connectivity index (χ0) is 12.5. The number of thiazole rings is 1. The van der Waals surface area contributed by atoms with E-state index in [2.05, 4.69) is 38.0 Å². The summed E-state index contributed by atoms with van der Waals surface area (Å²) in [6, 6.07) is 0.641. The van der Waals surface area contributed by atoms with Gasteiger partial charge in [-0.05, 0) is 19.3 Å². The third-order valence-electron chi connectivity index (χ3n) is 3.20. The van der Waals surface area contributed by atoms with E-state index in [1.54, 1.807) is 0 Å². The third kappa shape index (κ3) is 4.07. The summed E-state index contributed by atoms with van der Waals surface area (Å²) in [6.45, 7) is 9.93. The maximum absolute atomic E-state index is 4.52. The second-order valence-electron chi connectivity index (χ2n) is 6.34. The Bertz CT molecular complexity index is 361. The summed E-state index contributed by atoms with van der Waals surface area (Å²) in [4.78, 5) is 5.88. The molecule has 1 saturated carbocycles. The first-order chi connectivity index (χ1) is 7.95. The molecule has 1 aliphatic rings. The molecule has 1 atom stereocenters. The maximum atomic E-state index is 4.52. The molecule has 0 aliphatic heterocycles. The van der Waals surface area contributed by atoms with Crippen LogP contribution in [0.4, 0.5) is 0 Å². The van der Waals surface area contributed by atoms with Crippen LogP contribution >= 0.6 is 11.3 Å². The summed E-state index contributed by atoms with van der Waals surface area (Å²) in [6.07, 6.45) is 6.26. The lowest BCUT2D eigenvalue weighted by molar-refractivity contribution is 0.489. The number of rotatable bonds is 5. The van der Waals surface area contributed by atoms with E-state index < -0.39 is 0 Å². The highest BCUT2D eigenvalue weighted by Crippen LogP contribution is 2.33. The van der Waals surface area contributed by atoms with Gasteiger partial charge in [0.05, 0.1) is 5.01 Å². The molecule has 2 nitrogen and oxygen atoms in total. The Hall–Kier alpha value is -0.410. The van der Waals surface area contributed by atoms with Gasteiger partial charge in [0.25, 0.3) is 0 Å². The largest absolute Gasteiger partial charge is 0.309 e. The average molecular weight is 252 g/mol. The minimum atomic E-state index is 0.183. The highest BCUT2D eigenvalue weighted by molar-refractivity contribution is 7.11. The van der Waals surface area contributed by atoms with Crippen molar-refractivity contribution in [1.29, 1.82) is 0 Å². The van der Waals surface area contributed by atoms with Gasteiger partial charge in [-0.1, -0.05) is 33.6 Å². The van der Waals surface area contributed by atoms with Gasteiger partial charge < -0.3 is 5.32 Å². The Morgan fingerprint density at radius 1 is 1.47 bits per heavy atom. The van der Waals surface area contributed by atoms with E-state index in [1.165, 1.54) is 29.1 Å². The van der Waals surface area contributed by atoms with Crippen molar-refractivity contribution in [2.24, 2.45) is 5.92 Å². The standard InChI is InChI=1S/C14H24N2S/c1-10(7-11-5-6-11)15-8-12-9-16-13(17-12)14(2,3)4/h9-11,15H,5-8H2,1-4H3. The van der Waals surface area contributed by atoms with Gasteiger partial charge >= 0.3 is 0 Å². The number of hydrogen-bond acceptors (Lipinski definition) is 3. The van der Waals surface area contributed by atoms with Crippen LogP contribution in [0.5, 0.6) is 0 Å². The molecule has 0 saturated heterocycles. The predicted molar refractivity (Wildman–Crippen MR) is 74.5 cm³/mol. The minimum Gasteiger partial charge on any atom is -0.309 e. The van der Waals surface area contributed by atoms with Crippen LogP contribution in [0.2, 0.25) is 0 Å². The van der Waals surface area contributed by atoms with Gasteiger partial charge in [0, 0.05) is 29.1 Å². The van der Waals surface area contributed by atoms with Crippen molar-refractivity contribution >= 4 is 11.3 Å². The highest BCUT2D eigenvalue weighted by Gasteiger charge is 2.23. The van der Waals surface area contributed by atoms with Crippen LogP contribution in [0.25, 0.3) is 0 Å². The van der Waals surface area contributed by atoms with Gasteiger partial charge in [-0.25, -0.2) is 4.98 Å². The SMILES string of the molecule is CC(CC1CC1)NCc1cnc(C(C)(C)C)s1. The molecule has 3 heteroatoms. The van der Waals surface area contributed by atoms with Gasteiger partial charge in [-0.15, -0.1) is 11.3 Å². The maximum Gasteiger partial charge on any atom is 0.0981 e. The predicted octanol–water partition coefficient (Wildman–Crippen LogP) is 3.72. The molecular formula is C14H24N2S. The van der Waals surface area contributed by atoms with Crippen molar-refractivity contribution in [3.63, 3.8) is 0 Å². The van der Waals surface area contributed by atoms with E-state index in [4.69, 9.17) is 0 Å². The molecule has 1 heterocycles. The number of aromatic nitrogens is 1. The normalized spacial score (nSPS) is 18.4. The average Bonchev–Trinajstić information content (AvgIpc) is 2.90. The van der Waals surface area contributed by atoms with Crippen molar-refractivity contribution in [2.75, 3.05) is 0 Å². The van der Waals surface area contributed by atoms with Gasteiger partial charge in [0.2, 0.25) is 0 Å². The van der Waals surface area contributed by atoms with E-state index in [-0.39, 0.29) is 5.41 Å². The van der Waals surface area contributed by atoms with Gasteiger partial charge in [0.15, 0.2) is 0 Å². The van der Waals surface area contributed by atoms with Crippen molar-refractivity contribution in [2.45, 2.75) is 65.0 Å². The molecule has 1 aromatic rings. The zero-order valence-electron chi connectivity index (χ0n) is 11.4. The zero-order valence-corrected chi connectivity index (χ0v) is 12.2. The minimum absolute atomic E-state index is 0.183. The van der Waals surface area contributed by atoms with Crippen molar-refractivity contribution < 1.29 is 0 Å². The summed E-state index contributed by atoms with van der Waals surface area (Å²) >= 11 is 1.84. The Balaban J connectivity index is 1.80. The van der Waals surface area contributed by atoms with Crippen LogP contribution in [0, 0.1) is 5.92 Å². The quantitative estimate of drug-likeness (QED) is 0.864. The Morgan fingerprint density at radius 3 is 2.71 bits per heavy atom. The molecule has 1 N–H and O–H groups in total. The first-order valence-corrected chi connectivity index (χ1v) is 7.45. The lowest BCUT2D eigenvalue weighted by Gasteiger charge is -2.14. The number of nitrogens with one attached hydrogen (secondary N) is 1.